The first-order valence-corrected chi connectivity index (χ1v) is 8.67. The highest BCUT2D eigenvalue weighted by Crippen LogP contribution is 2.36. The lowest BCUT2D eigenvalue weighted by atomic mass is 9.74. The van der Waals surface area contributed by atoms with Crippen molar-refractivity contribution in [2.75, 3.05) is 0 Å². The van der Waals surface area contributed by atoms with Gasteiger partial charge in [0.15, 0.2) is 0 Å². The number of aliphatic carboxylic acids is 1. The fourth-order valence-corrected chi connectivity index (χ4v) is 4.10. The zero-order valence-electron chi connectivity index (χ0n) is 13.0. The molecule has 2 N–H and O–H groups in total. The van der Waals surface area contributed by atoms with Gasteiger partial charge in [0, 0.05) is 6.04 Å². The SMILES string of the molecule is CCCC1CCC(NC2CCCCCC2)(C(=O)O)CC1. The molecule has 0 spiro atoms. The smallest absolute Gasteiger partial charge is 0.323 e. The molecule has 0 aromatic rings. The van der Waals surface area contributed by atoms with E-state index in [1.807, 2.05) is 0 Å². The number of rotatable bonds is 5. The van der Waals surface area contributed by atoms with E-state index in [9.17, 15) is 9.90 Å². The number of nitrogens with one attached hydrogen (secondary N) is 1. The lowest BCUT2D eigenvalue weighted by Crippen LogP contribution is -2.57. The van der Waals surface area contributed by atoms with E-state index in [1.54, 1.807) is 0 Å². The highest BCUT2D eigenvalue weighted by atomic mass is 16.4. The van der Waals surface area contributed by atoms with Crippen LogP contribution < -0.4 is 5.32 Å². The highest BCUT2D eigenvalue weighted by Gasteiger charge is 2.42. The molecule has 0 saturated heterocycles. The van der Waals surface area contributed by atoms with Gasteiger partial charge in [-0.15, -0.1) is 0 Å². The normalized spacial score (nSPS) is 32.8. The minimum Gasteiger partial charge on any atom is -0.480 e. The first-order valence-electron chi connectivity index (χ1n) is 8.67. The molecule has 2 aliphatic carbocycles. The van der Waals surface area contributed by atoms with Crippen molar-refractivity contribution in [1.29, 1.82) is 0 Å². The minimum absolute atomic E-state index is 0.427. The van der Waals surface area contributed by atoms with Gasteiger partial charge in [-0.1, -0.05) is 45.4 Å². The summed E-state index contributed by atoms with van der Waals surface area (Å²) in [5.74, 6) is 0.139. The molecule has 2 rings (SSSR count). The van der Waals surface area contributed by atoms with E-state index in [-0.39, 0.29) is 0 Å². The summed E-state index contributed by atoms with van der Waals surface area (Å²) in [6.07, 6.45) is 13.8. The van der Waals surface area contributed by atoms with E-state index in [4.69, 9.17) is 0 Å². The Morgan fingerprint density at radius 3 is 2.20 bits per heavy atom. The molecule has 0 heterocycles. The van der Waals surface area contributed by atoms with Gasteiger partial charge in [0.2, 0.25) is 0 Å². The van der Waals surface area contributed by atoms with Crippen molar-refractivity contribution in [3.05, 3.63) is 0 Å². The third kappa shape index (κ3) is 3.97. The first-order chi connectivity index (χ1) is 9.66. The van der Waals surface area contributed by atoms with Crippen molar-refractivity contribution in [2.24, 2.45) is 5.92 Å². The Balaban J connectivity index is 1.94. The predicted octanol–water partition coefficient (Wildman–Crippen LogP) is 4.11. The van der Waals surface area contributed by atoms with Gasteiger partial charge in [0.1, 0.15) is 5.54 Å². The molecular formula is C17H31NO2. The van der Waals surface area contributed by atoms with Crippen LogP contribution in [0, 0.1) is 5.92 Å². The van der Waals surface area contributed by atoms with Crippen molar-refractivity contribution in [2.45, 2.75) is 95.6 Å². The number of hydrogen-bond acceptors (Lipinski definition) is 2. The maximum atomic E-state index is 11.8. The van der Waals surface area contributed by atoms with Crippen molar-refractivity contribution in [3.8, 4) is 0 Å². The predicted molar refractivity (Wildman–Crippen MR) is 81.9 cm³/mol. The molecule has 3 heteroatoms. The lowest BCUT2D eigenvalue weighted by molar-refractivity contribution is -0.147. The lowest BCUT2D eigenvalue weighted by Gasteiger charge is -2.40. The summed E-state index contributed by atoms with van der Waals surface area (Å²) in [5, 5.41) is 13.3. The number of hydrogen-bond donors (Lipinski definition) is 2. The van der Waals surface area contributed by atoms with E-state index >= 15 is 0 Å². The van der Waals surface area contributed by atoms with Crippen LogP contribution in [0.5, 0.6) is 0 Å². The molecule has 0 aliphatic heterocycles. The van der Waals surface area contributed by atoms with Crippen LogP contribution in [-0.4, -0.2) is 22.7 Å². The van der Waals surface area contributed by atoms with Crippen LogP contribution in [0.25, 0.3) is 0 Å². The molecule has 0 bridgehead atoms. The number of carbonyl (C=O) groups is 1. The van der Waals surface area contributed by atoms with Gasteiger partial charge in [-0.25, -0.2) is 0 Å². The zero-order chi connectivity index (χ0) is 14.4. The molecule has 116 valence electrons. The molecule has 0 aromatic heterocycles. The Morgan fingerprint density at radius 2 is 1.70 bits per heavy atom. The van der Waals surface area contributed by atoms with E-state index in [1.165, 1.54) is 38.5 Å². The van der Waals surface area contributed by atoms with Crippen LogP contribution >= 0.6 is 0 Å². The summed E-state index contributed by atoms with van der Waals surface area (Å²) in [6, 6.07) is 0.427. The summed E-state index contributed by atoms with van der Waals surface area (Å²) in [6.45, 7) is 2.23. The minimum atomic E-state index is -0.626. The summed E-state index contributed by atoms with van der Waals surface area (Å²) in [7, 11) is 0. The maximum Gasteiger partial charge on any atom is 0.323 e. The molecule has 0 radical (unpaired) electrons. The van der Waals surface area contributed by atoms with Crippen LogP contribution in [0.15, 0.2) is 0 Å². The van der Waals surface area contributed by atoms with Crippen LogP contribution in [0.2, 0.25) is 0 Å². The summed E-state index contributed by atoms with van der Waals surface area (Å²) in [5.41, 5.74) is -0.626. The quantitative estimate of drug-likeness (QED) is 0.745. The van der Waals surface area contributed by atoms with E-state index < -0.39 is 11.5 Å². The topological polar surface area (TPSA) is 49.3 Å². The van der Waals surface area contributed by atoms with Crippen LogP contribution in [0.1, 0.15) is 84.0 Å². The molecule has 0 amide bonds. The molecule has 20 heavy (non-hydrogen) atoms. The second kappa shape index (κ2) is 7.44. The van der Waals surface area contributed by atoms with Crippen molar-refractivity contribution < 1.29 is 9.90 Å². The molecule has 3 nitrogen and oxygen atoms in total. The van der Waals surface area contributed by atoms with Crippen molar-refractivity contribution in [1.82, 2.24) is 5.32 Å². The molecule has 2 fully saturated rings. The van der Waals surface area contributed by atoms with Crippen LogP contribution in [0.4, 0.5) is 0 Å². The van der Waals surface area contributed by atoms with E-state index in [0.717, 1.165) is 44.4 Å². The van der Waals surface area contributed by atoms with Crippen LogP contribution in [0.3, 0.4) is 0 Å². The van der Waals surface area contributed by atoms with Crippen molar-refractivity contribution >= 4 is 5.97 Å². The van der Waals surface area contributed by atoms with Gasteiger partial charge < -0.3 is 5.11 Å². The van der Waals surface area contributed by atoms with Crippen LogP contribution in [-0.2, 0) is 4.79 Å². The molecule has 0 atom stereocenters. The van der Waals surface area contributed by atoms with E-state index in [0.29, 0.717) is 6.04 Å². The molecule has 0 unspecified atom stereocenters. The Kier molecular flexibility index (Phi) is 5.88. The largest absolute Gasteiger partial charge is 0.480 e. The highest BCUT2D eigenvalue weighted by molar-refractivity contribution is 5.79. The standard InChI is InChI=1S/C17H31NO2/c1-2-7-14-10-12-17(13-11-14,16(19)20)18-15-8-5-3-4-6-9-15/h14-15,18H,2-13H2,1H3,(H,19,20). The number of carboxylic acids is 1. The van der Waals surface area contributed by atoms with Gasteiger partial charge in [-0.3, -0.25) is 10.1 Å². The van der Waals surface area contributed by atoms with Gasteiger partial charge >= 0.3 is 5.97 Å². The second-order valence-corrected chi connectivity index (χ2v) is 6.95. The van der Waals surface area contributed by atoms with E-state index in [2.05, 4.69) is 12.2 Å². The Hall–Kier alpha value is -0.570. The molecule has 2 aliphatic rings. The molecule has 2 saturated carbocycles. The van der Waals surface area contributed by atoms with Gasteiger partial charge in [0.25, 0.3) is 0 Å². The third-order valence-electron chi connectivity index (χ3n) is 5.40. The van der Waals surface area contributed by atoms with Gasteiger partial charge in [-0.05, 0) is 44.4 Å². The summed E-state index contributed by atoms with van der Waals surface area (Å²) in [4.78, 5) is 11.8. The van der Waals surface area contributed by atoms with Gasteiger partial charge in [-0.2, -0.15) is 0 Å². The zero-order valence-corrected chi connectivity index (χ0v) is 13.0. The average molecular weight is 281 g/mol. The Morgan fingerprint density at radius 1 is 1.10 bits per heavy atom. The molecular weight excluding hydrogens is 250 g/mol. The Bertz CT molecular complexity index is 300. The Labute approximate surface area is 123 Å². The summed E-state index contributed by atoms with van der Waals surface area (Å²) < 4.78 is 0. The molecule has 0 aromatic carbocycles. The summed E-state index contributed by atoms with van der Waals surface area (Å²) >= 11 is 0. The third-order valence-corrected chi connectivity index (χ3v) is 5.40. The second-order valence-electron chi connectivity index (χ2n) is 6.95. The van der Waals surface area contributed by atoms with Crippen molar-refractivity contribution in [3.63, 3.8) is 0 Å². The number of carboxylic acid groups (broad SMARTS) is 1. The fraction of sp³-hybridized carbons (Fsp3) is 0.941. The first kappa shape index (κ1) is 15.8. The monoisotopic (exact) mass is 281 g/mol. The fourth-order valence-electron chi connectivity index (χ4n) is 4.10. The average Bonchev–Trinajstić information content (AvgIpc) is 2.70. The maximum absolute atomic E-state index is 11.8. The van der Waals surface area contributed by atoms with Gasteiger partial charge in [0.05, 0.1) is 0 Å².